The Morgan fingerprint density at radius 2 is 1.38 bits per heavy atom. The lowest BCUT2D eigenvalue weighted by molar-refractivity contribution is -0.141. The zero-order valence-electron chi connectivity index (χ0n) is 17.5. The Hall–Kier alpha value is -3.83. The second-order valence-corrected chi connectivity index (χ2v) is 7.83. The normalized spacial score (nSPS) is 12.3. The first-order chi connectivity index (χ1) is 15.8. The van der Waals surface area contributed by atoms with Crippen molar-refractivity contribution >= 4 is 0 Å². The van der Waals surface area contributed by atoms with Crippen molar-refractivity contribution in [2.75, 3.05) is 0 Å². The van der Waals surface area contributed by atoms with Gasteiger partial charge in [0.1, 0.15) is 11.6 Å². The third kappa shape index (κ3) is 4.47. The monoisotopic (exact) mass is 481 g/mol. The Morgan fingerprint density at radius 3 is 2.00 bits per heavy atom. The molecule has 0 aliphatic carbocycles. The van der Waals surface area contributed by atoms with Crippen LogP contribution in [0.1, 0.15) is 30.9 Å². The molecule has 0 aromatic carbocycles. The molecular weight excluding hydrogens is 467 g/mol. The van der Waals surface area contributed by atoms with Crippen molar-refractivity contribution in [3.8, 4) is 17.1 Å². The van der Waals surface area contributed by atoms with Crippen molar-refractivity contribution in [3.05, 3.63) is 89.3 Å². The minimum absolute atomic E-state index is 0.00619. The summed E-state index contributed by atoms with van der Waals surface area (Å²) in [6, 6.07) is 6.49. The predicted octanol–water partition coefficient (Wildman–Crippen LogP) is 5.63. The standard InChI is InChI=1S/C22H14F7N5/c1-21(2,16-8-11(23)7-14(30-16)13-3-4-18(25)32-20(13)26)17-9-12(24)10-19(31-17)34-6-5-15(33-34)22(27,28)29/h3-10H,1-2H3. The van der Waals surface area contributed by atoms with Crippen LogP contribution >= 0.6 is 0 Å². The van der Waals surface area contributed by atoms with Gasteiger partial charge >= 0.3 is 6.18 Å². The van der Waals surface area contributed by atoms with Gasteiger partial charge in [0.25, 0.3) is 0 Å². The number of halogens is 7. The number of alkyl halides is 3. The van der Waals surface area contributed by atoms with Crippen molar-refractivity contribution in [2.24, 2.45) is 0 Å². The summed E-state index contributed by atoms with van der Waals surface area (Å²) in [6.07, 6.45) is -3.72. The first-order valence-electron chi connectivity index (χ1n) is 9.66. The van der Waals surface area contributed by atoms with Crippen LogP contribution in [-0.2, 0) is 11.6 Å². The molecule has 0 spiro atoms. The van der Waals surface area contributed by atoms with E-state index in [2.05, 4.69) is 20.1 Å². The lowest BCUT2D eigenvalue weighted by Gasteiger charge is -2.25. The molecule has 0 amide bonds. The van der Waals surface area contributed by atoms with E-state index < -0.39 is 40.8 Å². The summed E-state index contributed by atoms with van der Waals surface area (Å²) < 4.78 is 95.6. The molecule has 0 saturated carbocycles. The second-order valence-electron chi connectivity index (χ2n) is 7.83. The zero-order chi connectivity index (χ0) is 24.8. The van der Waals surface area contributed by atoms with Gasteiger partial charge in [-0.3, -0.25) is 4.98 Å². The molecule has 4 aromatic rings. The number of nitrogens with zero attached hydrogens (tertiary/aromatic N) is 5. The maximum Gasteiger partial charge on any atom is 0.435 e. The van der Waals surface area contributed by atoms with Crippen LogP contribution in [0.15, 0.2) is 48.7 Å². The van der Waals surface area contributed by atoms with Crippen LogP contribution in [0.5, 0.6) is 0 Å². The Balaban J connectivity index is 1.79. The van der Waals surface area contributed by atoms with Crippen LogP contribution < -0.4 is 0 Å². The van der Waals surface area contributed by atoms with Gasteiger partial charge in [0, 0.05) is 23.7 Å². The van der Waals surface area contributed by atoms with E-state index in [1.54, 1.807) is 0 Å². The average molecular weight is 481 g/mol. The molecule has 0 radical (unpaired) electrons. The fourth-order valence-corrected chi connectivity index (χ4v) is 3.21. The summed E-state index contributed by atoms with van der Waals surface area (Å²) in [5, 5.41) is 3.38. The average Bonchev–Trinajstić information content (AvgIpc) is 3.24. The third-order valence-corrected chi connectivity index (χ3v) is 5.05. The number of rotatable bonds is 4. The van der Waals surface area contributed by atoms with Gasteiger partial charge in [-0.05, 0) is 44.2 Å². The van der Waals surface area contributed by atoms with Crippen LogP contribution in [-0.4, -0.2) is 24.7 Å². The number of hydrogen-bond donors (Lipinski definition) is 0. The quantitative estimate of drug-likeness (QED) is 0.280. The van der Waals surface area contributed by atoms with Crippen LogP contribution in [0.4, 0.5) is 30.7 Å². The molecule has 0 fully saturated rings. The number of hydrogen-bond acceptors (Lipinski definition) is 4. The van der Waals surface area contributed by atoms with Gasteiger partial charge in [-0.1, -0.05) is 0 Å². The molecule has 0 unspecified atom stereocenters. The van der Waals surface area contributed by atoms with E-state index in [0.717, 1.165) is 47.3 Å². The van der Waals surface area contributed by atoms with Crippen molar-refractivity contribution in [1.82, 2.24) is 24.7 Å². The Kier molecular flexibility index (Phi) is 5.62. The molecule has 0 saturated heterocycles. The van der Waals surface area contributed by atoms with Crippen molar-refractivity contribution in [1.29, 1.82) is 0 Å². The summed E-state index contributed by atoms with van der Waals surface area (Å²) >= 11 is 0. The predicted molar refractivity (Wildman–Crippen MR) is 106 cm³/mol. The lowest BCUT2D eigenvalue weighted by Crippen LogP contribution is -2.24. The molecule has 176 valence electrons. The highest BCUT2D eigenvalue weighted by Crippen LogP contribution is 2.33. The minimum atomic E-state index is -4.70. The molecule has 12 heteroatoms. The van der Waals surface area contributed by atoms with Crippen molar-refractivity contribution < 1.29 is 30.7 Å². The second kappa shape index (κ2) is 8.19. The Bertz CT molecular complexity index is 1380. The largest absolute Gasteiger partial charge is 0.435 e. The number of pyridine rings is 3. The maximum absolute atomic E-state index is 14.4. The summed E-state index contributed by atoms with van der Waals surface area (Å²) in [4.78, 5) is 11.5. The molecule has 0 aliphatic rings. The van der Waals surface area contributed by atoms with E-state index >= 15 is 0 Å². The molecular formula is C22H14F7N5. The number of aromatic nitrogens is 5. The lowest BCUT2D eigenvalue weighted by atomic mass is 9.84. The molecule has 4 aromatic heterocycles. The third-order valence-electron chi connectivity index (χ3n) is 5.05. The fraction of sp³-hybridized carbons (Fsp3) is 0.182. The van der Waals surface area contributed by atoms with Gasteiger partial charge in [0.05, 0.1) is 22.6 Å². The highest BCUT2D eigenvalue weighted by Gasteiger charge is 2.34. The maximum atomic E-state index is 14.4. The van der Waals surface area contributed by atoms with Gasteiger partial charge in [0.15, 0.2) is 11.5 Å². The molecule has 0 bridgehead atoms. The van der Waals surface area contributed by atoms with E-state index in [1.165, 1.54) is 13.8 Å². The van der Waals surface area contributed by atoms with Crippen LogP contribution in [0.25, 0.3) is 17.1 Å². The first kappa shape index (κ1) is 23.3. The minimum Gasteiger partial charge on any atom is -0.251 e. The highest BCUT2D eigenvalue weighted by atomic mass is 19.4. The first-order valence-corrected chi connectivity index (χ1v) is 9.66. The van der Waals surface area contributed by atoms with E-state index in [1.807, 2.05) is 0 Å². The molecule has 0 aliphatic heterocycles. The van der Waals surface area contributed by atoms with E-state index in [4.69, 9.17) is 0 Å². The van der Waals surface area contributed by atoms with Crippen LogP contribution in [0, 0.1) is 23.5 Å². The molecule has 5 nitrogen and oxygen atoms in total. The molecule has 34 heavy (non-hydrogen) atoms. The molecule has 4 heterocycles. The van der Waals surface area contributed by atoms with Gasteiger partial charge in [-0.15, -0.1) is 0 Å². The summed E-state index contributed by atoms with van der Waals surface area (Å²) in [7, 11) is 0. The summed E-state index contributed by atoms with van der Waals surface area (Å²) in [5.41, 5.74) is -2.93. The smallest absolute Gasteiger partial charge is 0.251 e. The topological polar surface area (TPSA) is 56.5 Å². The van der Waals surface area contributed by atoms with Gasteiger partial charge in [-0.2, -0.15) is 32.0 Å². The molecule has 4 rings (SSSR count). The van der Waals surface area contributed by atoms with E-state index in [0.29, 0.717) is 6.07 Å². The summed E-state index contributed by atoms with van der Waals surface area (Å²) in [6.45, 7) is 3.04. The van der Waals surface area contributed by atoms with Crippen LogP contribution in [0.2, 0.25) is 0 Å². The van der Waals surface area contributed by atoms with Gasteiger partial charge < -0.3 is 0 Å². The SMILES string of the molecule is CC(C)(c1cc(F)cc(-c2ccc(F)nc2F)n1)c1cc(F)cc(-n2ccc(C(F)(F)F)n2)n1. The highest BCUT2D eigenvalue weighted by molar-refractivity contribution is 5.59. The van der Waals surface area contributed by atoms with E-state index in [-0.39, 0.29) is 28.5 Å². The van der Waals surface area contributed by atoms with Gasteiger partial charge in [-0.25, -0.2) is 18.4 Å². The van der Waals surface area contributed by atoms with Gasteiger partial charge in [0.2, 0.25) is 11.9 Å². The Morgan fingerprint density at radius 1 is 0.735 bits per heavy atom. The zero-order valence-corrected chi connectivity index (χ0v) is 17.5. The molecule has 0 atom stereocenters. The summed E-state index contributed by atoms with van der Waals surface area (Å²) in [5.74, 6) is -4.16. The van der Waals surface area contributed by atoms with Crippen molar-refractivity contribution in [3.63, 3.8) is 0 Å². The fourth-order valence-electron chi connectivity index (χ4n) is 3.21. The Labute approximate surface area is 187 Å². The molecule has 0 N–H and O–H groups in total. The van der Waals surface area contributed by atoms with Crippen molar-refractivity contribution in [2.45, 2.75) is 25.4 Å². The van der Waals surface area contributed by atoms with E-state index in [9.17, 15) is 30.7 Å². The van der Waals surface area contributed by atoms with Crippen LogP contribution in [0.3, 0.4) is 0 Å².